The van der Waals surface area contributed by atoms with E-state index in [1.807, 2.05) is 0 Å². The van der Waals surface area contributed by atoms with Gasteiger partial charge in [-0.05, 0) is 32.0 Å². The molecule has 1 aromatic carbocycles. The van der Waals surface area contributed by atoms with Crippen LogP contribution < -0.4 is 15.8 Å². The van der Waals surface area contributed by atoms with Gasteiger partial charge in [0.1, 0.15) is 23.4 Å². The fourth-order valence-corrected chi connectivity index (χ4v) is 4.08. The number of rotatable bonds is 6. The minimum absolute atomic E-state index is 0.0197. The number of halogens is 6. The first-order valence-electron chi connectivity index (χ1n) is 10.2. The van der Waals surface area contributed by atoms with Gasteiger partial charge in [0.15, 0.2) is 5.60 Å². The number of nitrogens with two attached hydrogens (primary N) is 1. The highest BCUT2D eigenvalue weighted by atomic mass is 19.4. The molecule has 0 bridgehead atoms. The lowest BCUT2D eigenvalue weighted by Gasteiger charge is -2.32. The summed E-state index contributed by atoms with van der Waals surface area (Å²) < 4.78 is 92.1. The third-order valence-electron chi connectivity index (χ3n) is 6.14. The fourth-order valence-electron chi connectivity index (χ4n) is 4.08. The predicted octanol–water partition coefficient (Wildman–Crippen LogP) is 4.31. The standard InChI is InChI=1S/C22H21F6N3O4/c1-9-13(23)5-4-12(16(9)34-20(24)25)15-10(2)21(3,22(26,27)28)35-17(15)19(33)31-11-6-7-30-14(8-11)18(29)32/h4-8,10,15,17,20H,1-3H3,(H2,29,32)(H,30,31,33)/t10-,15+,17+,21+/m0/s1. The maximum atomic E-state index is 14.1. The minimum atomic E-state index is -4.95. The maximum Gasteiger partial charge on any atom is 0.417 e. The quantitative estimate of drug-likeness (QED) is 0.570. The molecular weight excluding hydrogens is 484 g/mol. The number of primary amides is 1. The molecule has 7 nitrogen and oxygen atoms in total. The molecule has 1 aromatic heterocycles. The van der Waals surface area contributed by atoms with Gasteiger partial charge in [0.25, 0.3) is 11.8 Å². The summed E-state index contributed by atoms with van der Waals surface area (Å²) in [5.74, 6) is -6.53. The zero-order valence-corrected chi connectivity index (χ0v) is 18.6. The Labute approximate surface area is 195 Å². The molecule has 4 atom stereocenters. The van der Waals surface area contributed by atoms with Crippen LogP contribution in [0.1, 0.15) is 41.4 Å². The van der Waals surface area contributed by atoms with E-state index in [4.69, 9.17) is 10.5 Å². The van der Waals surface area contributed by atoms with Crippen molar-refractivity contribution in [3.8, 4) is 5.75 Å². The first-order chi connectivity index (χ1) is 16.2. The van der Waals surface area contributed by atoms with E-state index in [0.717, 1.165) is 45.2 Å². The molecule has 0 spiro atoms. The first kappa shape index (κ1) is 26.3. The number of alkyl halides is 5. The fraction of sp³-hybridized carbons (Fsp3) is 0.409. The molecule has 2 amide bonds. The third kappa shape index (κ3) is 4.90. The van der Waals surface area contributed by atoms with E-state index in [1.165, 1.54) is 6.07 Å². The van der Waals surface area contributed by atoms with Gasteiger partial charge in [0.05, 0.1) is 0 Å². The number of carbonyl (C=O) groups excluding carboxylic acids is 2. The summed E-state index contributed by atoms with van der Waals surface area (Å²) in [7, 11) is 0. The van der Waals surface area contributed by atoms with Crippen molar-refractivity contribution in [1.29, 1.82) is 0 Å². The van der Waals surface area contributed by atoms with Gasteiger partial charge in [-0.3, -0.25) is 14.6 Å². The Kier molecular flexibility index (Phi) is 7.02. The van der Waals surface area contributed by atoms with Crippen molar-refractivity contribution < 1.29 is 45.4 Å². The summed E-state index contributed by atoms with van der Waals surface area (Å²) in [5, 5.41) is 2.33. The molecule has 3 N–H and O–H groups in total. The zero-order chi connectivity index (χ0) is 26.3. The predicted molar refractivity (Wildman–Crippen MR) is 110 cm³/mol. The van der Waals surface area contributed by atoms with Gasteiger partial charge in [-0.25, -0.2) is 4.39 Å². The first-order valence-corrected chi connectivity index (χ1v) is 10.2. The zero-order valence-electron chi connectivity index (χ0n) is 18.6. The van der Waals surface area contributed by atoms with Crippen molar-refractivity contribution in [1.82, 2.24) is 4.98 Å². The third-order valence-corrected chi connectivity index (χ3v) is 6.14. The Balaban J connectivity index is 2.10. The topological polar surface area (TPSA) is 104 Å². The van der Waals surface area contributed by atoms with Gasteiger partial charge in [-0.15, -0.1) is 0 Å². The molecule has 1 saturated heterocycles. The largest absolute Gasteiger partial charge is 0.434 e. The molecular formula is C22H21F6N3O4. The molecule has 13 heteroatoms. The molecule has 1 aliphatic rings. The molecule has 0 unspecified atom stereocenters. The second kappa shape index (κ2) is 9.36. The van der Waals surface area contributed by atoms with Crippen LogP contribution in [0.4, 0.5) is 32.0 Å². The number of nitrogens with zero attached hydrogens (tertiary/aromatic N) is 1. The average Bonchev–Trinajstić information content (AvgIpc) is 3.04. The van der Waals surface area contributed by atoms with Gasteiger partial charge in [-0.2, -0.15) is 22.0 Å². The Bertz CT molecular complexity index is 1140. The van der Waals surface area contributed by atoms with Gasteiger partial charge in [-0.1, -0.05) is 13.0 Å². The van der Waals surface area contributed by atoms with E-state index < -0.39 is 59.7 Å². The van der Waals surface area contributed by atoms with Crippen LogP contribution in [0.2, 0.25) is 0 Å². The molecule has 0 saturated carbocycles. The van der Waals surface area contributed by atoms with Crippen molar-refractivity contribution in [2.24, 2.45) is 11.7 Å². The molecule has 2 aromatic rings. The number of nitrogens with one attached hydrogen (secondary N) is 1. The van der Waals surface area contributed by atoms with Gasteiger partial charge >= 0.3 is 12.8 Å². The summed E-state index contributed by atoms with van der Waals surface area (Å²) in [6.07, 6.45) is -5.66. The van der Waals surface area contributed by atoms with E-state index in [9.17, 15) is 35.9 Å². The lowest BCUT2D eigenvalue weighted by Crippen LogP contribution is -2.47. The second-order valence-electron chi connectivity index (χ2n) is 8.21. The van der Waals surface area contributed by atoms with Crippen LogP contribution in [0.25, 0.3) is 0 Å². The molecule has 0 aliphatic carbocycles. The van der Waals surface area contributed by atoms with Crippen molar-refractivity contribution in [3.63, 3.8) is 0 Å². The number of benzene rings is 1. The normalized spacial score (nSPS) is 24.5. The number of hydrogen-bond acceptors (Lipinski definition) is 5. The van der Waals surface area contributed by atoms with Crippen LogP contribution in [-0.2, 0) is 9.53 Å². The Morgan fingerprint density at radius 1 is 1.26 bits per heavy atom. The summed E-state index contributed by atoms with van der Waals surface area (Å²) in [5.41, 5.74) is 1.43. The lowest BCUT2D eigenvalue weighted by atomic mass is 9.76. The van der Waals surface area contributed by atoms with Gasteiger partial charge in [0, 0.05) is 34.8 Å². The average molecular weight is 505 g/mol. The summed E-state index contributed by atoms with van der Waals surface area (Å²) in [6, 6.07) is 4.23. The SMILES string of the molecule is Cc1c(F)ccc([C@@H]2[C@H](C(=O)Nc3ccnc(C(N)=O)c3)O[C@@](C)(C(F)(F)F)[C@H]2C)c1OC(F)F. The Hall–Kier alpha value is -3.35. The lowest BCUT2D eigenvalue weighted by molar-refractivity contribution is -0.272. The molecule has 0 radical (unpaired) electrons. The van der Waals surface area contributed by atoms with Crippen molar-refractivity contribution >= 4 is 17.5 Å². The van der Waals surface area contributed by atoms with Gasteiger partial charge in [0.2, 0.25) is 0 Å². The van der Waals surface area contributed by atoms with Gasteiger partial charge < -0.3 is 20.5 Å². The van der Waals surface area contributed by atoms with E-state index >= 15 is 0 Å². The minimum Gasteiger partial charge on any atom is -0.434 e. The molecule has 1 aliphatic heterocycles. The number of hydrogen-bond donors (Lipinski definition) is 2. The second-order valence-corrected chi connectivity index (χ2v) is 8.21. The van der Waals surface area contributed by atoms with Crippen LogP contribution in [0.15, 0.2) is 30.5 Å². The van der Waals surface area contributed by atoms with Crippen molar-refractivity contribution in [2.45, 2.75) is 51.2 Å². The summed E-state index contributed by atoms with van der Waals surface area (Å²) in [6.45, 7) is -0.401. The Morgan fingerprint density at radius 2 is 1.91 bits per heavy atom. The number of carbonyl (C=O) groups is 2. The van der Waals surface area contributed by atoms with Crippen LogP contribution >= 0.6 is 0 Å². The van der Waals surface area contributed by atoms with E-state index in [2.05, 4.69) is 15.0 Å². The van der Waals surface area contributed by atoms with Crippen LogP contribution in [0.5, 0.6) is 5.75 Å². The maximum absolute atomic E-state index is 14.1. The molecule has 3 rings (SSSR count). The molecule has 2 heterocycles. The Morgan fingerprint density at radius 3 is 2.49 bits per heavy atom. The summed E-state index contributed by atoms with van der Waals surface area (Å²) >= 11 is 0. The highest BCUT2D eigenvalue weighted by Crippen LogP contribution is 2.55. The van der Waals surface area contributed by atoms with E-state index in [0.29, 0.717) is 0 Å². The van der Waals surface area contributed by atoms with E-state index in [-0.39, 0.29) is 22.5 Å². The molecule has 35 heavy (non-hydrogen) atoms. The van der Waals surface area contributed by atoms with Crippen molar-refractivity contribution in [3.05, 3.63) is 53.1 Å². The molecule has 1 fully saturated rings. The van der Waals surface area contributed by atoms with Crippen LogP contribution in [0.3, 0.4) is 0 Å². The summed E-state index contributed by atoms with van der Waals surface area (Å²) in [4.78, 5) is 28.2. The number of pyridine rings is 1. The number of ether oxygens (including phenoxy) is 2. The molecule has 190 valence electrons. The number of amides is 2. The monoisotopic (exact) mass is 505 g/mol. The number of anilines is 1. The van der Waals surface area contributed by atoms with Crippen molar-refractivity contribution in [2.75, 3.05) is 5.32 Å². The number of aromatic nitrogens is 1. The van der Waals surface area contributed by atoms with E-state index in [1.54, 1.807) is 0 Å². The highest BCUT2D eigenvalue weighted by Gasteiger charge is 2.65. The van der Waals surface area contributed by atoms with Crippen LogP contribution in [0, 0.1) is 18.7 Å². The highest BCUT2D eigenvalue weighted by molar-refractivity contribution is 5.97. The van der Waals surface area contributed by atoms with Crippen LogP contribution in [-0.4, -0.2) is 41.3 Å². The smallest absolute Gasteiger partial charge is 0.417 e.